The van der Waals surface area contributed by atoms with Crippen molar-refractivity contribution in [2.24, 2.45) is 0 Å². The Bertz CT molecular complexity index is 2270. The van der Waals surface area contributed by atoms with Gasteiger partial charge in [0.2, 0.25) is 0 Å². The largest absolute Gasteiger partial charge is 0.354 e. The lowest BCUT2D eigenvalue weighted by Gasteiger charge is -2.09. The normalized spacial score (nSPS) is 12.8. The van der Waals surface area contributed by atoms with Crippen LogP contribution in [0.2, 0.25) is 0 Å². The van der Waals surface area contributed by atoms with Crippen LogP contribution in [0.4, 0.5) is 0 Å². The van der Waals surface area contributed by atoms with Crippen molar-refractivity contribution in [3.05, 3.63) is 230 Å². The summed E-state index contributed by atoms with van der Waals surface area (Å²) in [5.41, 5.74) is 12.8. The maximum absolute atomic E-state index is 4.49. The minimum Gasteiger partial charge on any atom is -0.354 e. The van der Waals surface area contributed by atoms with Gasteiger partial charge in [0.15, 0.2) is 0 Å². The Hall–Kier alpha value is -6.59. The zero-order chi connectivity index (χ0) is 31.9. The number of nitrogens with one attached hydrogen (secondary N) is 4. The molecular weight excluding hydrogens is 587 g/mol. The van der Waals surface area contributed by atoms with Crippen molar-refractivity contribution in [2.75, 3.05) is 0 Å². The van der Waals surface area contributed by atoms with E-state index in [2.05, 4.69) is 171 Å². The molecule has 4 N–H and O–H groups in total. The fourth-order valence-corrected chi connectivity index (χ4v) is 6.90. The average molecular weight is 618 g/mol. The van der Waals surface area contributed by atoms with Crippen LogP contribution < -0.4 is 21.4 Å². The van der Waals surface area contributed by atoms with Crippen LogP contribution in [0.5, 0.6) is 0 Å². The molecule has 3 aromatic carbocycles. The van der Waals surface area contributed by atoms with E-state index in [1.807, 2.05) is 18.5 Å². The number of aromatic nitrogens is 5. The average Bonchev–Trinajstić information content (AvgIpc) is 3.98. The molecule has 48 heavy (non-hydrogen) atoms. The molecule has 1 aliphatic rings. The first-order valence-corrected chi connectivity index (χ1v) is 16.1. The molecule has 5 heteroatoms. The van der Waals surface area contributed by atoms with Crippen molar-refractivity contribution in [3.63, 3.8) is 0 Å². The number of hydrogen-bond acceptors (Lipinski definition) is 1. The van der Waals surface area contributed by atoms with E-state index in [9.17, 15) is 0 Å². The summed E-state index contributed by atoms with van der Waals surface area (Å²) in [6.07, 6.45) is 3.74. The molecule has 0 saturated carbocycles. The van der Waals surface area contributed by atoms with Crippen LogP contribution in [0, 0.1) is 0 Å². The van der Waals surface area contributed by atoms with Crippen LogP contribution in [-0.2, 0) is 0 Å². The van der Waals surface area contributed by atoms with Crippen molar-refractivity contribution in [1.82, 2.24) is 24.9 Å². The summed E-state index contributed by atoms with van der Waals surface area (Å²) in [6, 6.07) is 53.3. The first-order chi connectivity index (χ1) is 23.8. The monoisotopic (exact) mass is 617 g/mol. The molecule has 0 fully saturated rings. The molecule has 0 saturated heterocycles. The van der Waals surface area contributed by atoms with Gasteiger partial charge in [0, 0.05) is 84.4 Å². The zero-order valence-electron chi connectivity index (χ0n) is 26.0. The molecule has 0 atom stereocenters. The van der Waals surface area contributed by atoms with Gasteiger partial charge in [0.1, 0.15) is 0 Å². The second-order valence-corrected chi connectivity index (χ2v) is 12.0. The minimum atomic E-state index is 0.999. The van der Waals surface area contributed by atoms with E-state index < -0.39 is 0 Å². The Morgan fingerprint density at radius 3 is 0.958 bits per heavy atom. The van der Waals surface area contributed by atoms with E-state index >= 15 is 0 Å². The van der Waals surface area contributed by atoms with E-state index in [1.165, 1.54) is 0 Å². The van der Waals surface area contributed by atoms with Crippen LogP contribution in [-0.4, -0.2) is 24.9 Å². The lowest BCUT2D eigenvalue weighted by molar-refractivity contribution is 1.18. The van der Waals surface area contributed by atoms with E-state index in [0.717, 1.165) is 88.7 Å². The summed E-state index contributed by atoms with van der Waals surface area (Å²) in [6.45, 7) is 0. The number of aromatic amines is 4. The second-order valence-electron chi connectivity index (χ2n) is 12.0. The number of hydrogen-bond donors (Lipinski definition) is 4. The molecule has 0 spiro atoms. The molecule has 8 aromatic rings. The van der Waals surface area contributed by atoms with E-state index in [4.69, 9.17) is 0 Å². The van der Waals surface area contributed by atoms with Crippen LogP contribution in [0.25, 0.3) is 22.3 Å². The molecule has 0 aliphatic carbocycles. The van der Waals surface area contributed by atoms with Gasteiger partial charge in [-0.15, -0.1) is 0 Å². The predicted octanol–water partition coefficient (Wildman–Crippen LogP) is 5.70. The molecule has 5 nitrogen and oxygen atoms in total. The predicted molar refractivity (Wildman–Crippen MR) is 192 cm³/mol. The third kappa shape index (κ3) is 4.86. The topological polar surface area (TPSA) is 76.0 Å². The van der Waals surface area contributed by atoms with Crippen LogP contribution in [0.1, 0.15) is 45.0 Å². The lowest BCUT2D eigenvalue weighted by Crippen LogP contribution is -2.19. The fraction of sp³-hybridized carbons (Fsp3) is 0. The summed E-state index contributed by atoms with van der Waals surface area (Å²) in [7, 11) is 0. The second kappa shape index (κ2) is 11.6. The maximum atomic E-state index is 4.49. The molecule has 228 valence electrons. The first-order valence-electron chi connectivity index (χ1n) is 16.1. The van der Waals surface area contributed by atoms with Crippen molar-refractivity contribution in [3.8, 4) is 0 Å². The Labute approximate surface area is 277 Å². The molecule has 5 aromatic heterocycles. The Morgan fingerprint density at radius 2 is 0.625 bits per heavy atom. The van der Waals surface area contributed by atoms with Crippen molar-refractivity contribution >= 4 is 22.3 Å². The summed E-state index contributed by atoms with van der Waals surface area (Å²) in [5, 5.41) is 4.07. The first kappa shape index (κ1) is 27.7. The fourth-order valence-electron chi connectivity index (χ4n) is 6.90. The van der Waals surface area contributed by atoms with E-state index in [-0.39, 0.29) is 0 Å². The van der Waals surface area contributed by atoms with Gasteiger partial charge in [-0.25, -0.2) is 0 Å². The Kier molecular flexibility index (Phi) is 6.72. The van der Waals surface area contributed by atoms with Crippen LogP contribution in [0.15, 0.2) is 164 Å². The van der Waals surface area contributed by atoms with Gasteiger partial charge in [0.05, 0.1) is 0 Å². The van der Waals surface area contributed by atoms with E-state index in [1.54, 1.807) is 0 Å². The highest BCUT2D eigenvalue weighted by Gasteiger charge is 2.18. The molecule has 0 unspecified atom stereocenters. The highest BCUT2D eigenvalue weighted by atomic mass is 14.8. The smallest absolute Gasteiger partial charge is 0.0486 e. The molecule has 8 bridgehead atoms. The number of H-pyrrole nitrogens is 4. The number of rotatable bonds is 4. The standard InChI is InChI=1S/C43H31N5/c1-4-11-28(12-5-1)40-32-18-20-34(45-32)41(29-13-6-2-7-14-29)36-22-24-38(47-36)43(31-17-10-26-44-27-31)39-25-23-37(48-39)42(30-15-8-3-9-16-30)35-21-19-33(40)46-35/h1-27,45-48H. The van der Waals surface area contributed by atoms with Gasteiger partial charge in [-0.2, -0.15) is 0 Å². The highest BCUT2D eigenvalue weighted by Crippen LogP contribution is 2.27. The Morgan fingerprint density at radius 1 is 0.292 bits per heavy atom. The zero-order valence-corrected chi connectivity index (χ0v) is 26.0. The maximum Gasteiger partial charge on any atom is 0.0486 e. The SMILES string of the molecule is c1ccc(C2=c3ccc([nH]3)=C(c3ccccc3)c3ccc([nH]3)C(c3cccnc3)=c3ccc([nH]3)=C(c3ccccc3)c3ccc2[nH]3)cc1. The van der Waals surface area contributed by atoms with Crippen molar-refractivity contribution in [1.29, 1.82) is 0 Å². The van der Waals surface area contributed by atoms with Crippen LogP contribution in [0.3, 0.4) is 0 Å². The third-order valence-electron chi connectivity index (χ3n) is 9.04. The van der Waals surface area contributed by atoms with E-state index in [0.29, 0.717) is 0 Å². The number of benzene rings is 3. The van der Waals surface area contributed by atoms with Gasteiger partial charge in [-0.3, -0.25) is 4.98 Å². The summed E-state index contributed by atoms with van der Waals surface area (Å²) in [4.78, 5) is 19.8. The summed E-state index contributed by atoms with van der Waals surface area (Å²) in [5.74, 6) is 0. The third-order valence-corrected chi connectivity index (χ3v) is 9.04. The quantitative estimate of drug-likeness (QED) is 0.201. The Balaban J connectivity index is 1.44. The van der Waals surface area contributed by atoms with Crippen molar-refractivity contribution < 1.29 is 0 Å². The van der Waals surface area contributed by atoms with Gasteiger partial charge in [-0.1, -0.05) is 97.1 Å². The summed E-state index contributed by atoms with van der Waals surface area (Å²) >= 11 is 0. The summed E-state index contributed by atoms with van der Waals surface area (Å²) < 4.78 is 0. The van der Waals surface area contributed by atoms with Gasteiger partial charge < -0.3 is 19.9 Å². The van der Waals surface area contributed by atoms with Gasteiger partial charge in [-0.05, 0) is 71.3 Å². The van der Waals surface area contributed by atoms with Gasteiger partial charge >= 0.3 is 0 Å². The molecule has 9 rings (SSSR count). The lowest BCUT2D eigenvalue weighted by atomic mass is 10.0. The molecule has 1 aliphatic heterocycles. The molecular formula is C43H31N5. The van der Waals surface area contributed by atoms with Gasteiger partial charge in [0.25, 0.3) is 0 Å². The number of pyridine rings is 1. The molecule has 0 radical (unpaired) electrons. The molecule has 6 heterocycles. The molecule has 0 amide bonds. The highest BCUT2D eigenvalue weighted by molar-refractivity contribution is 5.84. The number of nitrogens with zero attached hydrogens (tertiary/aromatic N) is 1. The minimum absolute atomic E-state index is 0.999. The van der Waals surface area contributed by atoms with Crippen LogP contribution >= 0.6 is 0 Å². The van der Waals surface area contributed by atoms with Crippen molar-refractivity contribution in [2.45, 2.75) is 0 Å². The number of fused-ring (bicyclic) bond motifs is 8.